The first-order valence-corrected chi connectivity index (χ1v) is 2.75. The lowest BCUT2D eigenvalue weighted by Gasteiger charge is -1.81. The van der Waals surface area contributed by atoms with E-state index in [0.717, 1.165) is 0 Å². The zero-order chi connectivity index (χ0) is 6.97. The summed E-state index contributed by atoms with van der Waals surface area (Å²) in [6.45, 7) is 0. The molecule has 0 radical (unpaired) electrons. The Morgan fingerprint density at radius 2 is 1.90 bits per heavy atom. The van der Waals surface area contributed by atoms with Crippen molar-refractivity contribution in [1.82, 2.24) is 19.9 Å². The van der Waals surface area contributed by atoms with Crippen molar-refractivity contribution in [2.24, 2.45) is 0 Å². The average molecular weight is 137 g/mol. The van der Waals surface area contributed by atoms with Crippen LogP contribution in [0.25, 0.3) is 11.2 Å². The smallest absolute Gasteiger partial charge is 0.276 e. The molecule has 0 saturated carbocycles. The highest BCUT2D eigenvalue weighted by atomic mass is 16.2. The van der Waals surface area contributed by atoms with E-state index < -0.39 is 0 Å². The first-order valence-electron chi connectivity index (χ1n) is 2.75. The minimum atomic E-state index is -0.192. The Balaban J connectivity index is 3.09. The van der Waals surface area contributed by atoms with Crippen molar-refractivity contribution in [3.8, 4) is 0 Å². The van der Waals surface area contributed by atoms with Gasteiger partial charge in [0.1, 0.15) is 0 Å². The molecule has 0 bridgehead atoms. The van der Waals surface area contributed by atoms with Gasteiger partial charge >= 0.3 is 0 Å². The number of imidazole rings is 1. The molecule has 2 N–H and O–H groups in total. The topological polar surface area (TPSA) is 74.4 Å². The summed E-state index contributed by atoms with van der Waals surface area (Å²) >= 11 is 0. The van der Waals surface area contributed by atoms with Crippen molar-refractivity contribution in [1.29, 1.82) is 0 Å². The zero-order valence-electron chi connectivity index (χ0n) is 4.96. The number of rotatable bonds is 0. The molecule has 0 amide bonds. The standard InChI is InChI=1S/C5H4N4O/c10-5-3-4(7-1-6-3)8-2-9-5/h1-2H,(H2,6,7,8,9,10)/i9+1. The van der Waals surface area contributed by atoms with E-state index >= 15 is 0 Å². The number of H-pyrrole nitrogens is 2. The molecule has 0 atom stereocenters. The summed E-state index contributed by atoms with van der Waals surface area (Å²) in [5.74, 6) is 0. The molecule has 0 spiro atoms. The molecule has 0 aliphatic carbocycles. The molecule has 2 heterocycles. The van der Waals surface area contributed by atoms with Crippen LogP contribution in [0.5, 0.6) is 0 Å². The second-order valence-electron chi connectivity index (χ2n) is 1.83. The lowest BCUT2D eigenvalue weighted by atomic mass is 10.6. The van der Waals surface area contributed by atoms with Gasteiger partial charge in [0.25, 0.3) is 5.56 Å². The Morgan fingerprint density at radius 1 is 1.20 bits per heavy atom. The lowest BCUT2D eigenvalue weighted by molar-refractivity contribution is 1.15. The summed E-state index contributed by atoms with van der Waals surface area (Å²) in [4.78, 5) is 23.6. The first kappa shape index (κ1) is 5.16. The molecule has 10 heavy (non-hydrogen) atoms. The second-order valence-corrected chi connectivity index (χ2v) is 1.83. The number of hydrogen-bond donors (Lipinski definition) is 2. The number of nitrogens with zero attached hydrogens (tertiary/aromatic N) is 2. The molecule has 0 fully saturated rings. The summed E-state index contributed by atoms with van der Waals surface area (Å²) in [5, 5.41) is 0. The van der Waals surface area contributed by atoms with Crippen LogP contribution in [-0.4, -0.2) is 19.9 Å². The quantitative estimate of drug-likeness (QED) is 0.521. The highest BCUT2D eigenvalue weighted by molar-refractivity contribution is 5.67. The highest BCUT2D eigenvalue weighted by Crippen LogP contribution is 1.94. The van der Waals surface area contributed by atoms with Gasteiger partial charge < -0.3 is 9.97 Å². The number of fused-ring (bicyclic) bond motifs is 1. The molecule has 5 heteroatoms. The largest absolute Gasteiger partial charge is 0.339 e. The SMILES string of the molecule is O=c1[15nH]cnc2nc[nH]c12. The van der Waals surface area contributed by atoms with Crippen molar-refractivity contribution < 1.29 is 0 Å². The van der Waals surface area contributed by atoms with Crippen LogP contribution in [0.15, 0.2) is 17.4 Å². The van der Waals surface area contributed by atoms with Gasteiger partial charge in [-0.15, -0.1) is 0 Å². The van der Waals surface area contributed by atoms with E-state index in [1.54, 1.807) is 0 Å². The van der Waals surface area contributed by atoms with Crippen LogP contribution in [0, 0.1) is 0 Å². The Morgan fingerprint density at radius 3 is 2.60 bits per heavy atom. The minimum Gasteiger partial charge on any atom is -0.339 e. The molecule has 5 nitrogen and oxygen atoms in total. The molecule has 0 unspecified atom stereocenters. The van der Waals surface area contributed by atoms with Gasteiger partial charge in [-0.3, -0.25) is 4.79 Å². The van der Waals surface area contributed by atoms with E-state index in [2.05, 4.69) is 19.9 Å². The maximum absolute atomic E-state index is 10.9. The monoisotopic (exact) mass is 137 g/mol. The molecule has 0 aliphatic rings. The Labute approximate surface area is 55.1 Å². The summed E-state index contributed by atoms with van der Waals surface area (Å²) in [6, 6.07) is 0. The molecule has 2 rings (SSSR count). The van der Waals surface area contributed by atoms with Crippen LogP contribution in [0.3, 0.4) is 0 Å². The number of aromatic amines is 2. The first-order chi connectivity index (χ1) is 4.88. The van der Waals surface area contributed by atoms with Crippen LogP contribution in [-0.2, 0) is 0 Å². The van der Waals surface area contributed by atoms with Gasteiger partial charge in [0, 0.05) is 0 Å². The summed E-state index contributed by atoms with van der Waals surface area (Å²) < 4.78 is 0. The van der Waals surface area contributed by atoms with Gasteiger partial charge in [0.05, 0.1) is 12.7 Å². The molecular weight excluding hydrogens is 133 g/mol. The van der Waals surface area contributed by atoms with E-state index in [9.17, 15) is 4.79 Å². The van der Waals surface area contributed by atoms with Gasteiger partial charge in [-0.05, 0) is 0 Å². The van der Waals surface area contributed by atoms with Gasteiger partial charge in [-0.1, -0.05) is 0 Å². The third-order valence-corrected chi connectivity index (χ3v) is 1.23. The van der Waals surface area contributed by atoms with E-state index in [1.165, 1.54) is 12.7 Å². The highest BCUT2D eigenvalue weighted by Gasteiger charge is 1.97. The van der Waals surface area contributed by atoms with E-state index in [0.29, 0.717) is 11.2 Å². The van der Waals surface area contributed by atoms with Crippen molar-refractivity contribution in [3.63, 3.8) is 0 Å². The normalized spacial score (nSPS) is 10.4. The van der Waals surface area contributed by atoms with Crippen LogP contribution in [0.1, 0.15) is 0 Å². The second kappa shape index (κ2) is 1.66. The van der Waals surface area contributed by atoms with E-state index in [1.807, 2.05) is 0 Å². The van der Waals surface area contributed by atoms with Gasteiger partial charge in [-0.2, -0.15) is 0 Å². The number of nitrogens with one attached hydrogen (secondary N) is 2. The average Bonchev–Trinajstić information content (AvgIpc) is 2.36. The number of hydrogen-bond acceptors (Lipinski definition) is 3. The fraction of sp³-hybridized carbons (Fsp3) is 0. The maximum Gasteiger partial charge on any atom is 0.276 e. The fourth-order valence-electron chi connectivity index (χ4n) is 0.776. The van der Waals surface area contributed by atoms with Crippen LogP contribution < -0.4 is 5.56 Å². The molecule has 2 aromatic rings. The molecule has 0 aliphatic heterocycles. The predicted octanol–water partition coefficient (Wildman–Crippen LogP) is -0.354. The van der Waals surface area contributed by atoms with Crippen LogP contribution in [0.4, 0.5) is 0 Å². The molecule has 0 saturated heterocycles. The van der Waals surface area contributed by atoms with Gasteiger partial charge in [0.2, 0.25) is 0 Å². The summed E-state index contributed by atoms with van der Waals surface area (Å²) in [7, 11) is 0. The van der Waals surface area contributed by atoms with E-state index in [-0.39, 0.29) is 5.56 Å². The Bertz CT molecular complexity index is 401. The minimum absolute atomic E-state index is 0.192. The fourth-order valence-corrected chi connectivity index (χ4v) is 0.776. The van der Waals surface area contributed by atoms with Gasteiger partial charge in [0.15, 0.2) is 11.2 Å². The summed E-state index contributed by atoms with van der Waals surface area (Å²) in [5.41, 5.74) is 0.675. The zero-order valence-corrected chi connectivity index (χ0v) is 4.96. The Hall–Kier alpha value is -1.65. The molecule has 50 valence electrons. The third kappa shape index (κ3) is 0.540. The molecular formula is C5H4N4O. The van der Waals surface area contributed by atoms with E-state index in [4.69, 9.17) is 0 Å². The summed E-state index contributed by atoms with van der Waals surface area (Å²) in [6.07, 6.45) is 2.76. The predicted molar refractivity (Wildman–Crippen MR) is 34.5 cm³/mol. The lowest BCUT2D eigenvalue weighted by Crippen LogP contribution is -2.05. The Kier molecular flexibility index (Phi) is 0.858. The third-order valence-electron chi connectivity index (χ3n) is 1.23. The molecule has 0 aromatic carbocycles. The van der Waals surface area contributed by atoms with Gasteiger partial charge in [-0.25, -0.2) is 9.97 Å². The molecule has 2 aromatic heterocycles. The van der Waals surface area contributed by atoms with Crippen molar-refractivity contribution >= 4 is 11.2 Å². The number of aromatic nitrogens is 4. The van der Waals surface area contributed by atoms with Crippen molar-refractivity contribution in [2.45, 2.75) is 0 Å². The van der Waals surface area contributed by atoms with Crippen LogP contribution >= 0.6 is 0 Å². The maximum atomic E-state index is 10.9. The van der Waals surface area contributed by atoms with Crippen LogP contribution in [0.2, 0.25) is 0 Å². The van der Waals surface area contributed by atoms with Crippen molar-refractivity contribution in [3.05, 3.63) is 23.0 Å². The van der Waals surface area contributed by atoms with Crippen molar-refractivity contribution in [2.75, 3.05) is 0 Å².